The Kier molecular flexibility index (Phi) is 5.11. The molecule has 3 N–H and O–H groups in total. The minimum absolute atomic E-state index is 0.0204. The van der Waals surface area contributed by atoms with Gasteiger partial charge in [-0.25, -0.2) is 4.79 Å². The number of ether oxygens (including phenoxy) is 1. The molecule has 1 fully saturated rings. The van der Waals surface area contributed by atoms with Crippen LogP contribution in [0.1, 0.15) is 40.5 Å². The van der Waals surface area contributed by atoms with E-state index in [1.54, 1.807) is 25.3 Å². The number of methoxy groups -OCH3 is 1. The van der Waals surface area contributed by atoms with Crippen molar-refractivity contribution in [1.82, 2.24) is 10.6 Å². The third-order valence-corrected chi connectivity index (χ3v) is 4.17. The summed E-state index contributed by atoms with van der Waals surface area (Å²) in [6, 6.07) is 4.99. The van der Waals surface area contributed by atoms with Gasteiger partial charge in [-0.2, -0.15) is 0 Å². The highest BCUT2D eigenvalue weighted by atomic mass is 35.5. The van der Waals surface area contributed by atoms with Crippen molar-refractivity contribution >= 4 is 23.3 Å². The van der Waals surface area contributed by atoms with E-state index < -0.39 is 0 Å². The Balaban J connectivity index is 2.04. The predicted octanol–water partition coefficient (Wildman–Crippen LogP) is 3.78. The summed E-state index contributed by atoms with van der Waals surface area (Å²) in [5.41, 5.74) is 0.519. The van der Waals surface area contributed by atoms with Crippen molar-refractivity contribution < 1.29 is 9.53 Å². The number of hydrogen-bond acceptors (Lipinski definition) is 3. The summed E-state index contributed by atoms with van der Waals surface area (Å²) >= 11 is 5.99. The largest absolute Gasteiger partial charge is 0.495 e. The van der Waals surface area contributed by atoms with E-state index in [4.69, 9.17) is 16.3 Å². The van der Waals surface area contributed by atoms with E-state index in [0.717, 1.165) is 12.8 Å². The van der Waals surface area contributed by atoms with Crippen LogP contribution in [0.15, 0.2) is 18.2 Å². The van der Waals surface area contributed by atoms with Crippen LogP contribution in [0.2, 0.25) is 5.02 Å². The van der Waals surface area contributed by atoms with E-state index in [1.165, 1.54) is 0 Å². The van der Waals surface area contributed by atoms with Crippen LogP contribution >= 0.6 is 11.6 Å². The van der Waals surface area contributed by atoms with Crippen molar-refractivity contribution in [1.29, 1.82) is 0 Å². The lowest BCUT2D eigenvalue weighted by atomic mass is 9.80. The molecule has 0 atom stereocenters. The normalized spacial score (nSPS) is 19.9. The fourth-order valence-corrected chi connectivity index (χ4v) is 3.72. The second-order valence-electron chi connectivity index (χ2n) is 7.44. The molecular formula is C17H26ClN3O2. The second-order valence-corrected chi connectivity index (χ2v) is 7.88. The summed E-state index contributed by atoms with van der Waals surface area (Å²) in [4.78, 5) is 12.3. The van der Waals surface area contributed by atoms with Crippen molar-refractivity contribution in [2.75, 3.05) is 12.4 Å². The van der Waals surface area contributed by atoms with Gasteiger partial charge < -0.3 is 20.7 Å². The molecule has 1 aliphatic heterocycles. The van der Waals surface area contributed by atoms with Gasteiger partial charge in [0.2, 0.25) is 0 Å². The predicted molar refractivity (Wildman–Crippen MR) is 94.5 cm³/mol. The van der Waals surface area contributed by atoms with E-state index in [9.17, 15) is 4.79 Å². The van der Waals surface area contributed by atoms with Crippen molar-refractivity contribution in [2.45, 2.75) is 57.7 Å². The molecule has 0 spiro atoms. The Bertz CT molecular complexity index is 571. The quantitative estimate of drug-likeness (QED) is 0.785. The van der Waals surface area contributed by atoms with Crippen LogP contribution in [0.3, 0.4) is 0 Å². The minimum Gasteiger partial charge on any atom is -0.495 e. The number of amides is 2. The minimum atomic E-state index is -0.246. The average Bonchev–Trinajstić information content (AvgIpc) is 2.34. The molecule has 128 valence electrons. The molecule has 0 unspecified atom stereocenters. The van der Waals surface area contributed by atoms with Crippen LogP contribution in [-0.4, -0.2) is 30.3 Å². The molecule has 0 saturated carbocycles. The maximum Gasteiger partial charge on any atom is 0.319 e. The molecule has 0 bridgehead atoms. The first-order valence-corrected chi connectivity index (χ1v) is 8.18. The Morgan fingerprint density at radius 1 is 1.26 bits per heavy atom. The maximum absolute atomic E-state index is 12.3. The van der Waals surface area contributed by atoms with Crippen molar-refractivity contribution in [3.63, 3.8) is 0 Å². The Labute approximate surface area is 143 Å². The van der Waals surface area contributed by atoms with Crippen LogP contribution in [0.4, 0.5) is 10.5 Å². The molecular weight excluding hydrogens is 314 g/mol. The van der Waals surface area contributed by atoms with Gasteiger partial charge in [0.15, 0.2) is 0 Å². The number of nitrogens with one attached hydrogen (secondary N) is 3. The van der Waals surface area contributed by atoms with E-state index in [-0.39, 0.29) is 23.2 Å². The third-order valence-electron chi connectivity index (χ3n) is 3.94. The van der Waals surface area contributed by atoms with Crippen LogP contribution in [0.25, 0.3) is 0 Å². The molecule has 6 heteroatoms. The summed E-state index contributed by atoms with van der Waals surface area (Å²) in [5, 5.41) is 10.0. The van der Waals surface area contributed by atoms with Crippen LogP contribution in [0, 0.1) is 0 Å². The zero-order valence-electron chi connectivity index (χ0n) is 14.4. The Morgan fingerprint density at radius 2 is 1.87 bits per heavy atom. The molecule has 1 saturated heterocycles. The number of piperidine rings is 1. The van der Waals surface area contributed by atoms with Crippen molar-refractivity contribution in [3.05, 3.63) is 23.2 Å². The summed E-state index contributed by atoms with van der Waals surface area (Å²) in [7, 11) is 1.56. The molecule has 1 heterocycles. The highest BCUT2D eigenvalue weighted by molar-refractivity contribution is 6.31. The molecule has 0 aliphatic carbocycles. The molecule has 2 rings (SSSR count). The lowest BCUT2D eigenvalue weighted by Crippen LogP contribution is -2.62. The topological polar surface area (TPSA) is 62.4 Å². The van der Waals surface area contributed by atoms with Crippen molar-refractivity contribution in [3.8, 4) is 5.75 Å². The van der Waals surface area contributed by atoms with Gasteiger partial charge in [0.1, 0.15) is 5.75 Å². The first-order chi connectivity index (χ1) is 10.6. The Morgan fingerprint density at radius 3 is 2.43 bits per heavy atom. The number of benzene rings is 1. The summed E-state index contributed by atoms with van der Waals surface area (Å²) in [6.45, 7) is 8.61. The van der Waals surface area contributed by atoms with Gasteiger partial charge in [0.05, 0.1) is 12.8 Å². The lowest BCUT2D eigenvalue weighted by Gasteiger charge is -2.46. The fourth-order valence-electron chi connectivity index (χ4n) is 3.55. The fraction of sp³-hybridized carbons (Fsp3) is 0.588. The van der Waals surface area contributed by atoms with Gasteiger partial charge in [-0.3, -0.25) is 0 Å². The molecule has 1 aromatic rings. The number of carbonyl (C=O) groups excluding carboxylic acids is 1. The number of carbonyl (C=O) groups is 1. The van der Waals surface area contributed by atoms with Gasteiger partial charge in [-0.1, -0.05) is 11.6 Å². The van der Waals surface area contributed by atoms with Crippen LogP contribution < -0.4 is 20.7 Å². The monoisotopic (exact) mass is 339 g/mol. The summed E-state index contributed by atoms with van der Waals surface area (Å²) in [6.07, 6.45) is 1.74. The van der Waals surface area contributed by atoms with Crippen LogP contribution in [0.5, 0.6) is 5.75 Å². The van der Waals surface area contributed by atoms with Gasteiger partial charge >= 0.3 is 6.03 Å². The number of anilines is 1. The first kappa shape index (κ1) is 17.9. The Hall–Kier alpha value is -1.46. The average molecular weight is 340 g/mol. The van der Waals surface area contributed by atoms with Crippen molar-refractivity contribution in [2.24, 2.45) is 0 Å². The van der Waals surface area contributed by atoms with Gasteiger partial charge in [-0.15, -0.1) is 0 Å². The smallest absolute Gasteiger partial charge is 0.319 e. The molecule has 1 aromatic carbocycles. The molecule has 0 radical (unpaired) electrons. The number of halogens is 1. The van der Waals surface area contributed by atoms with Gasteiger partial charge in [-0.05, 0) is 58.7 Å². The molecule has 2 amide bonds. The van der Waals surface area contributed by atoms with E-state index in [2.05, 4.69) is 43.6 Å². The molecule has 0 aromatic heterocycles. The first-order valence-electron chi connectivity index (χ1n) is 7.81. The maximum atomic E-state index is 12.3. The van der Waals surface area contributed by atoms with E-state index in [0.29, 0.717) is 16.5 Å². The number of rotatable bonds is 3. The second kappa shape index (κ2) is 6.57. The lowest BCUT2D eigenvalue weighted by molar-refractivity contribution is 0.149. The number of hydrogen-bond donors (Lipinski definition) is 3. The van der Waals surface area contributed by atoms with Gasteiger partial charge in [0, 0.05) is 22.1 Å². The highest BCUT2D eigenvalue weighted by Gasteiger charge is 2.38. The standard InChI is InChI=1S/C17H26ClN3O2/c1-16(2)9-12(10-17(3,4)21-16)19-15(22)20-13-8-11(18)6-7-14(13)23-5/h6-8,12,21H,9-10H2,1-5H3,(H2,19,20,22). The molecule has 1 aliphatic rings. The highest BCUT2D eigenvalue weighted by Crippen LogP contribution is 2.30. The third kappa shape index (κ3) is 5.01. The molecule has 23 heavy (non-hydrogen) atoms. The van der Waals surface area contributed by atoms with E-state index in [1.807, 2.05) is 0 Å². The van der Waals surface area contributed by atoms with Gasteiger partial charge in [0.25, 0.3) is 0 Å². The van der Waals surface area contributed by atoms with Crippen LogP contribution in [-0.2, 0) is 0 Å². The zero-order valence-corrected chi connectivity index (χ0v) is 15.2. The number of urea groups is 1. The summed E-state index contributed by atoms with van der Waals surface area (Å²) in [5.74, 6) is 0.579. The summed E-state index contributed by atoms with van der Waals surface area (Å²) < 4.78 is 5.25. The van der Waals surface area contributed by atoms with E-state index >= 15 is 0 Å². The SMILES string of the molecule is COc1ccc(Cl)cc1NC(=O)NC1CC(C)(C)NC(C)(C)C1. The molecule has 5 nitrogen and oxygen atoms in total. The zero-order chi connectivity index (χ0) is 17.3.